The Morgan fingerprint density at radius 2 is 1.73 bits per heavy atom. The third kappa shape index (κ3) is 5.37. The molecule has 0 aliphatic carbocycles. The van der Waals surface area contributed by atoms with Gasteiger partial charge in [-0.3, -0.25) is 4.84 Å². The Morgan fingerprint density at radius 1 is 1.03 bits per heavy atom. The lowest BCUT2D eigenvalue weighted by Crippen LogP contribution is -2.40. The minimum absolute atomic E-state index is 0.323. The number of urea groups is 1. The van der Waals surface area contributed by atoms with Gasteiger partial charge in [-0.25, -0.2) is 4.79 Å². The number of benzene rings is 2. The first-order valence-corrected chi connectivity index (χ1v) is 11.2. The predicted octanol–water partition coefficient (Wildman–Crippen LogP) is 5.24. The van der Waals surface area contributed by atoms with Crippen LogP contribution in [0, 0.1) is 5.92 Å². The summed E-state index contributed by atoms with van der Waals surface area (Å²) in [5.41, 5.74) is 3.29. The van der Waals surface area contributed by atoms with Crippen LogP contribution in [-0.4, -0.2) is 45.4 Å². The number of carbonyl (C=O) groups excluding carboxylic acids is 1. The number of hydroxylamine groups is 1. The fourth-order valence-corrected chi connectivity index (χ4v) is 4.09. The molecule has 33 heavy (non-hydrogen) atoms. The third-order valence-corrected chi connectivity index (χ3v) is 5.77. The van der Waals surface area contributed by atoms with Crippen LogP contribution < -0.4 is 24.6 Å². The van der Waals surface area contributed by atoms with E-state index in [9.17, 15) is 4.79 Å². The Kier molecular flexibility index (Phi) is 8.13. The van der Waals surface area contributed by atoms with Gasteiger partial charge in [0.05, 0.1) is 39.0 Å². The van der Waals surface area contributed by atoms with E-state index in [4.69, 9.17) is 19.0 Å². The normalized spacial score (nSPS) is 10.8. The molecule has 0 saturated heterocycles. The summed E-state index contributed by atoms with van der Waals surface area (Å²) in [7, 11) is 6.21. The van der Waals surface area contributed by atoms with Crippen molar-refractivity contribution in [2.45, 2.75) is 13.8 Å². The summed E-state index contributed by atoms with van der Waals surface area (Å²) in [5, 5.41) is 4.11. The van der Waals surface area contributed by atoms with Crippen molar-refractivity contribution in [1.82, 2.24) is 9.69 Å². The first kappa shape index (κ1) is 24.3. The minimum atomic E-state index is -0.323. The van der Waals surface area contributed by atoms with Crippen molar-refractivity contribution in [3.05, 3.63) is 42.6 Å². The van der Waals surface area contributed by atoms with Gasteiger partial charge in [0.1, 0.15) is 0 Å². The van der Waals surface area contributed by atoms with Gasteiger partial charge in [0.2, 0.25) is 5.75 Å². The minimum Gasteiger partial charge on any atom is -0.493 e. The van der Waals surface area contributed by atoms with E-state index >= 15 is 0 Å². The summed E-state index contributed by atoms with van der Waals surface area (Å²) in [6.07, 6.45) is 1.80. The number of carbonyl (C=O) groups is 1. The maximum atomic E-state index is 12.6. The van der Waals surface area contributed by atoms with Crippen molar-refractivity contribution in [1.29, 1.82) is 0 Å². The van der Waals surface area contributed by atoms with Crippen LogP contribution in [0.25, 0.3) is 21.6 Å². The number of anilines is 1. The second kappa shape index (κ2) is 11.0. The van der Waals surface area contributed by atoms with E-state index in [1.165, 1.54) is 23.7 Å². The van der Waals surface area contributed by atoms with E-state index in [0.29, 0.717) is 35.4 Å². The SMILES string of the molecule is COc1cc(-c2sncc2-c2cccc(N(OC)C(=O)NCC(C)C)c2)cc(OC)c1OC. The van der Waals surface area contributed by atoms with E-state index in [1.807, 2.05) is 50.2 Å². The van der Waals surface area contributed by atoms with Gasteiger partial charge in [-0.15, -0.1) is 0 Å². The quantitative estimate of drug-likeness (QED) is 0.430. The molecule has 1 N–H and O–H groups in total. The van der Waals surface area contributed by atoms with E-state index in [-0.39, 0.29) is 6.03 Å². The Labute approximate surface area is 198 Å². The topological polar surface area (TPSA) is 82.2 Å². The molecule has 0 bridgehead atoms. The Balaban J connectivity index is 2.00. The number of nitrogens with one attached hydrogen (secondary N) is 1. The largest absolute Gasteiger partial charge is 0.493 e. The highest BCUT2D eigenvalue weighted by atomic mass is 32.1. The Morgan fingerprint density at radius 3 is 2.30 bits per heavy atom. The Bertz CT molecular complexity index is 1070. The first-order valence-electron chi connectivity index (χ1n) is 10.4. The molecule has 0 atom stereocenters. The fraction of sp³-hybridized carbons (Fsp3) is 0.333. The number of hydrogen-bond acceptors (Lipinski definition) is 7. The van der Waals surface area contributed by atoms with E-state index in [2.05, 4.69) is 9.69 Å². The van der Waals surface area contributed by atoms with Crippen molar-refractivity contribution >= 4 is 23.3 Å². The molecular weight excluding hydrogens is 442 g/mol. The van der Waals surface area contributed by atoms with Crippen LogP contribution in [0.2, 0.25) is 0 Å². The number of nitrogens with zero attached hydrogens (tertiary/aromatic N) is 2. The summed E-state index contributed by atoms with van der Waals surface area (Å²) < 4.78 is 20.9. The van der Waals surface area contributed by atoms with Crippen LogP contribution in [0.4, 0.5) is 10.5 Å². The van der Waals surface area contributed by atoms with E-state index in [1.54, 1.807) is 27.5 Å². The molecule has 0 radical (unpaired) electrons. The lowest BCUT2D eigenvalue weighted by Gasteiger charge is -2.21. The van der Waals surface area contributed by atoms with Gasteiger partial charge in [-0.1, -0.05) is 26.0 Å². The number of amides is 2. The molecule has 9 heteroatoms. The van der Waals surface area contributed by atoms with Crippen molar-refractivity contribution in [3.8, 4) is 38.8 Å². The zero-order chi connectivity index (χ0) is 24.0. The van der Waals surface area contributed by atoms with Crippen molar-refractivity contribution < 1.29 is 23.8 Å². The van der Waals surface area contributed by atoms with Gasteiger partial charge >= 0.3 is 6.03 Å². The number of methoxy groups -OCH3 is 3. The Hall–Kier alpha value is -3.30. The molecule has 3 rings (SSSR count). The zero-order valence-electron chi connectivity index (χ0n) is 19.7. The molecule has 1 heterocycles. The summed E-state index contributed by atoms with van der Waals surface area (Å²) >= 11 is 1.36. The molecule has 0 spiro atoms. The van der Waals surface area contributed by atoms with Gasteiger partial charge in [0.15, 0.2) is 11.5 Å². The molecule has 2 aromatic carbocycles. The molecule has 3 aromatic rings. The maximum absolute atomic E-state index is 12.6. The number of hydrogen-bond donors (Lipinski definition) is 1. The average molecular weight is 472 g/mol. The number of ether oxygens (including phenoxy) is 3. The third-order valence-electron chi connectivity index (χ3n) is 4.92. The first-order chi connectivity index (χ1) is 15.9. The van der Waals surface area contributed by atoms with Crippen molar-refractivity contribution in [3.63, 3.8) is 0 Å². The van der Waals surface area contributed by atoms with Crippen molar-refractivity contribution in [2.24, 2.45) is 5.92 Å². The van der Waals surface area contributed by atoms with Gasteiger partial charge < -0.3 is 19.5 Å². The summed E-state index contributed by atoms with van der Waals surface area (Å²) in [6, 6.07) is 11.0. The molecule has 2 amide bonds. The summed E-state index contributed by atoms with van der Waals surface area (Å²) in [5.74, 6) is 1.98. The lowest BCUT2D eigenvalue weighted by molar-refractivity contribution is 0.162. The van der Waals surface area contributed by atoms with Crippen LogP contribution in [-0.2, 0) is 4.84 Å². The molecular formula is C24H29N3O5S. The number of rotatable bonds is 9. The molecule has 176 valence electrons. The van der Waals surface area contributed by atoms with Crippen LogP contribution in [0.1, 0.15) is 13.8 Å². The van der Waals surface area contributed by atoms with Gasteiger partial charge in [-0.2, -0.15) is 9.44 Å². The monoisotopic (exact) mass is 471 g/mol. The standard InChI is InChI=1S/C24H29N3O5S/c1-15(2)13-25-24(28)27(32-6)18-9-7-8-16(10-18)19-14-26-33-23(19)17-11-20(29-3)22(31-5)21(12-17)30-4/h7-12,14-15H,13H2,1-6H3,(H,25,28). The molecule has 0 aliphatic rings. The average Bonchev–Trinajstić information content (AvgIpc) is 3.32. The fourth-order valence-electron chi connectivity index (χ4n) is 3.33. The van der Waals surface area contributed by atoms with Crippen LogP contribution in [0.5, 0.6) is 17.2 Å². The maximum Gasteiger partial charge on any atom is 0.346 e. The predicted molar refractivity (Wildman–Crippen MR) is 130 cm³/mol. The van der Waals surface area contributed by atoms with Gasteiger partial charge in [0, 0.05) is 23.9 Å². The number of aromatic nitrogens is 1. The molecule has 0 unspecified atom stereocenters. The highest BCUT2D eigenvalue weighted by molar-refractivity contribution is 7.10. The van der Waals surface area contributed by atoms with Crippen LogP contribution in [0.15, 0.2) is 42.6 Å². The van der Waals surface area contributed by atoms with Crippen LogP contribution >= 0.6 is 11.5 Å². The molecule has 1 aromatic heterocycles. The summed E-state index contributed by atoms with van der Waals surface area (Å²) in [4.78, 5) is 18.9. The summed E-state index contributed by atoms with van der Waals surface area (Å²) in [6.45, 7) is 4.62. The molecule has 0 fully saturated rings. The highest BCUT2D eigenvalue weighted by Crippen LogP contribution is 2.44. The lowest BCUT2D eigenvalue weighted by atomic mass is 10.0. The smallest absolute Gasteiger partial charge is 0.346 e. The van der Waals surface area contributed by atoms with Crippen molar-refractivity contribution in [2.75, 3.05) is 40.0 Å². The second-order valence-electron chi connectivity index (χ2n) is 7.59. The molecule has 0 saturated carbocycles. The van der Waals surface area contributed by atoms with Gasteiger partial charge in [-0.05, 0) is 47.3 Å². The molecule has 0 aliphatic heterocycles. The van der Waals surface area contributed by atoms with Gasteiger partial charge in [0.25, 0.3) is 0 Å². The highest BCUT2D eigenvalue weighted by Gasteiger charge is 2.20. The van der Waals surface area contributed by atoms with E-state index in [0.717, 1.165) is 21.6 Å². The van der Waals surface area contributed by atoms with Crippen LogP contribution in [0.3, 0.4) is 0 Å². The zero-order valence-corrected chi connectivity index (χ0v) is 20.5. The second-order valence-corrected chi connectivity index (χ2v) is 8.39. The van der Waals surface area contributed by atoms with E-state index < -0.39 is 0 Å². The molecule has 8 nitrogen and oxygen atoms in total.